The second-order valence-electron chi connectivity index (χ2n) is 7.67. The number of nitrogens with one attached hydrogen (secondary N) is 2. The van der Waals surface area contributed by atoms with Crippen LogP contribution < -0.4 is 20.4 Å². The first kappa shape index (κ1) is 21.7. The van der Waals surface area contributed by atoms with Crippen molar-refractivity contribution in [3.8, 4) is 0 Å². The maximum Gasteiger partial charge on any atom is 0.314 e. The average Bonchev–Trinajstić information content (AvgIpc) is 2.77. The van der Waals surface area contributed by atoms with Gasteiger partial charge in [0.2, 0.25) is 0 Å². The summed E-state index contributed by atoms with van der Waals surface area (Å²) < 4.78 is 0. The van der Waals surface area contributed by atoms with Gasteiger partial charge in [0.25, 0.3) is 0 Å². The maximum absolute atomic E-state index is 12.4. The lowest BCUT2D eigenvalue weighted by Gasteiger charge is -2.28. The molecule has 1 aliphatic heterocycles. The Kier molecular flexibility index (Phi) is 7.33. The average molecular weight is 409 g/mol. The predicted molar refractivity (Wildman–Crippen MR) is 125 cm³/mol. The molecule has 2 aromatic carbocycles. The van der Waals surface area contributed by atoms with E-state index in [1.807, 2.05) is 49.4 Å². The lowest BCUT2D eigenvalue weighted by atomic mass is 10.1. The number of hydrogen-bond acceptors (Lipinski definition) is 4. The number of rotatable bonds is 6. The molecule has 6 heteroatoms. The number of aryl methyl sites for hydroxylation is 1. The molecule has 2 aromatic rings. The Balaban J connectivity index is 1.58. The van der Waals surface area contributed by atoms with Crippen LogP contribution in [0.4, 0.5) is 22.7 Å². The summed E-state index contributed by atoms with van der Waals surface area (Å²) in [7, 11) is 0. The van der Waals surface area contributed by atoms with Crippen LogP contribution in [-0.4, -0.2) is 38.0 Å². The van der Waals surface area contributed by atoms with E-state index >= 15 is 0 Å². The van der Waals surface area contributed by atoms with Crippen LogP contribution >= 0.6 is 0 Å². The van der Waals surface area contributed by atoms with Crippen molar-refractivity contribution in [3.05, 3.63) is 48.0 Å². The number of nitrogens with zero attached hydrogens (tertiary/aromatic N) is 2. The van der Waals surface area contributed by atoms with Crippen molar-refractivity contribution in [1.29, 1.82) is 0 Å². The molecule has 1 fully saturated rings. The number of amides is 2. The number of carbonyl (C=O) groups is 2. The Morgan fingerprint density at radius 2 is 1.53 bits per heavy atom. The van der Waals surface area contributed by atoms with Crippen LogP contribution in [0.1, 0.15) is 38.7 Å². The first-order valence-electron chi connectivity index (χ1n) is 10.8. The molecule has 0 aromatic heterocycles. The van der Waals surface area contributed by atoms with E-state index in [1.54, 1.807) is 0 Å². The van der Waals surface area contributed by atoms with Gasteiger partial charge < -0.3 is 20.4 Å². The van der Waals surface area contributed by atoms with Crippen LogP contribution in [0.2, 0.25) is 0 Å². The van der Waals surface area contributed by atoms with Gasteiger partial charge in [-0.15, -0.1) is 0 Å². The van der Waals surface area contributed by atoms with Gasteiger partial charge in [0.1, 0.15) is 0 Å². The van der Waals surface area contributed by atoms with Gasteiger partial charge in [0, 0.05) is 48.9 Å². The van der Waals surface area contributed by atoms with Gasteiger partial charge in [0.15, 0.2) is 0 Å². The Hall–Kier alpha value is -3.02. The van der Waals surface area contributed by atoms with Crippen LogP contribution in [-0.2, 0) is 9.59 Å². The van der Waals surface area contributed by atoms with Crippen molar-refractivity contribution in [2.75, 3.05) is 46.6 Å². The fraction of sp³-hybridized carbons (Fsp3) is 0.417. The van der Waals surface area contributed by atoms with Gasteiger partial charge >= 0.3 is 11.8 Å². The Labute approximate surface area is 179 Å². The molecule has 0 spiro atoms. The van der Waals surface area contributed by atoms with Crippen molar-refractivity contribution >= 4 is 34.6 Å². The molecular formula is C24H32N4O2. The summed E-state index contributed by atoms with van der Waals surface area (Å²) in [5.41, 5.74) is 4.44. The molecule has 1 saturated heterocycles. The van der Waals surface area contributed by atoms with Gasteiger partial charge in [-0.3, -0.25) is 9.59 Å². The Morgan fingerprint density at radius 1 is 0.900 bits per heavy atom. The van der Waals surface area contributed by atoms with Crippen molar-refractivity contribution in [2.24, 2.45) is 0 Å². The number of benzene rings is 2. The molecule has 2 amide bonds. The van der Waals surface area contributed by atoms with Crippen molar-refractivity contribution < 1.29 is 9.59 Å². The molecule has 0 saturated carbocycles. The minimum Gasteiger partial charge on any atom is -0.372 e. The Morgan fingerprint density at radius 3 is 2.13 bits per heavy atom. The third kappa shape index (κ3) is 5.32. The maximum atomic E-state index is 12.4. The van der Waals surface area contributed by atoms with E-state index in [1.165, 1.54) is 19.3 Å². The van der Waals surface area contributed by atoms with Gasteiger partial charge in [-0.25, -0.2) is 0 Å². The minimum absolute atomic E-state index is 0.615. The molecule has 0 aliphatic carbocycles. The highest BCUT2D eigenvalue weighted by molar-refractivity contribution is 6.43. The summed E-state index contributed by atoms with van der Waals surface area (Å²) in [4.78, 5) is 29.3. The van der Waals surface area contributed by atoms with Crippen LogP contribution in [0.5, 0.6) is 0 Å². The highest BCUT2D eigenvalue weighted by atomic mass is 16.2. The lowest BCUT2D eigenvalue weighted by Crippen LogP contribution is -2.30. The fourth-order valence-electron chi connectivity index (χ4n) is 3.85. The zero-order chi connectivity index (χ0) is 21.5. The van der Waals surface area contributed by atoms with Gasteiger partial charge in [-0.1, -0.05) is 0 Å². The van der Waals surface area contributed by atoms with Crippen LogP contribution in [0, 0.1) is 6.92 Å². The summed E-state index contributed by atoms with van der Waals surface area (Å²) in [6.45, 7) is 10.1. The molecule has 2 N–H and O–H groups in total. The minimum atomic E-state index is -0.673. The molecule has 30 heavy (non-hydrogen) atoms. The summed E-state index contributed by atoms with van der Waals surface area (Å²) in [5.74, 6) is -1.35. The molecule has 0 atom stereocenters. The number of hydrogen-bond donors (Lipinski definition) is 2. The first-order chi connectivity index (χ1) is 14.5. The molecule has 160 valence electrons. The van der Waals surface area contributed by atoms with E-state index in [9.17, 15) is 9.59 Å². The van der Waals surface area contributed by atoms with E-state index < -0.39 is 11.8 Å². The largest absolute Gasteiger partial charge is 0.372 e. The molecular weight excluding hydrogens is 376 g/mol. The van der Waals surface area contributed by atoms with Crippen molar-refractivity contribution in [3.63, 3.8) is 0 Å². The molecule has 0 unspecified atom stereocenters. The number of piperidine rings is 1. The Bertz CT molecular complexity index is 869. The van der Waals surface area contributed by atoms with E-state index in [4.69, 9.17) is 0 Å². The van der Waals surface area contributed by atoms with Crippen LogP contribution in [0.3, 0.4) is 0 Å². The van der Waals surface area contributed by atoms with E-state index in [0.717, 1.165) is 43.1 Å². The topological polar surface area (TPSA) is 64.7 Å². The molecule has 3 rings (SSSR count). The monoisotopic (exact) mass is 408 g/mol. The highest BCUT2D eigenvalue weighted by Gasteiger charge is 2.16. The van der Waals surface area contributed by atoms with Crippen molar-refractivity contribution in [2.45, 2.75) is 40.0 Å². The smallest absolute Gasteiger partial charge is 0.314 e. The zero-order valence-electron chi connectivity index (χ0n) is 18.2. The standard InChI is InChI=1S/C24H32N4O2/c1-4-27(5-2)21-13-14-22(18(3)17-21)26-24(30)23(29)25-19-9-11-20(12-10-19)28-15-7-6-8-16-28/h9-14,17H,4-8,15-16H2,1-3H3,(H,25,29)(H,26,30). The first-order valence-corrected chi connectivity index (χ1v) is 10.8. The predicted octanol–water partition coefficient (Wildman–Crippen LogP) is 4.41. The van der Waals surface area contributed by atoms with E-state index in [2.05, 4.69) is 34.3 Å². The van der Waals surface area contributed by atoms with Gasteiger partial charge in [-0.2, -0.15) is 0 Å². The van der Waals surface area contributed by atoms with Gasteiger partial charge in [-0.05, 0) is 88.1 Å². The van der Waals surface area contributed by atoms with Gasteiger partial charge in [0.05, 0.1) is 0 Å². The van der Waals surface area contributed by atoms with Crippen LogP contribution in [0.15, 0.2) is 42.5 Å². The van der Waals surface area contributed by atoms with Crippen LogP contribution in [0.25, 0.3) is 0 Å². The summed E-state index contributed by atoms with van der Waals surface area (Å²) in [6, 6.07) is 13.5. The third-order valence-corrected chi connectivity index (χ3v) is 5.64. The molecule has 1 heterocycles. The molecule has 0 bridgehead atoms. The summed E-state index contributed by atoms with van der Waals surface area (Å²) in [6.07, 6.45) is 3.72. The lowest BCUT2D eigenvalue weighted by molar-refractivity contribution is -0.133. The van der Waals surface area contributed by atoms with Crippen molar-refractivity contribution in [1.82, 2.24) is 0 Å². The summed E-state index contributed by atoms with van der Waals surface area (Å²) in [5, 5.41) is 5.40. The number of carbonyl (C=O) groups excluding carboxylic acids is 2. The second-order valence-corrected chi connectivity index (χ2v) is 7.67. The molecule has 6 nitrogen and oxygen atoms in total. The molecule has 1 aliphatic rings. The molecule has 0 radical (unpaired) electrons. The normalized spacial score (nSPS) is 13.6. The second kappa shape index (κ2) is 10.1. The quantitative estimate of drug-likeness (QED) is 0.695. The highest BCUT2D eigenvalue weighted by Crippen LogP contribution is 2.24. The number of anilines is 4. The SMILES string of the molecule is CCN(CC)c1ccc(NC(=O)C(=O)Nc2ccc(N3CCCCC3)cc2)c(C)c1. The van der Waals surface area contributed by atoms with E-state index in [0.29, 0.717) is 11.4 Å². The summed E-state index contributed by atoms with van der Waals surface area (Å²) >= 11 is 0. The zero-order valence-corrected chi connectivity index (χ0v) is 18.2. The fourth-order valence-corrected chi connectivity index (χ4v) is 3.85. The van der Waals surface area contributed by atoms with E-state index in [-0.39, 0.29) is 0 Å². The third-order valence-electron chi connectivity index (χ3n) is 5.64.